The number of aryl methyl sites for hydroxylation is 1. The van der Waals surface area contributed by atoms with Gasteiger partial charge in [0, 0.05) is 18.7 Å². The van der Waals surface area contributed by atoms with Crippen LogP contribution in [-0.4, -0.2) is 15.5 Å². The zero-order chi connectivity index (χ0) is 12.5. The maximum absolute atomic E-state index is 11.8. The molecule has 0 unspecified atom stereocenters. The van der Waals surface area contributed by atoms with Crippen molar-refractivity contribution in [1.29, 1.82) is 0 Å². The standard InChI is InChI=1S/C14H21N3O/c1-17-12-8-3-2-7-11(12)16-13(17)9-15-14(18)10-5-4-6-10/h10H,2-9H2,1H3,(H,15,18). The van der Waals surface area contributed by atoms with E-state index in [-0.39, 0.29) is 11.8 Å². The van der Waals surface area contributed by atoms with Gasteiger partial charge in [-0.2, -0.15) is 0 Å². The first-order valence-electron chi connectivity index (χ1n) is 7.07. The minimum Gasteiger partial charge on any atom is -0.349 e. The van der Waals surface area contributed by atoms with Gasteiger partial charge < -0.3 is 9.88 Å². The average molecular weight is 247 g/mol. The summed E-state index contributed by atoms with van der Waals surface area (Å²) in [5, 5.41) is 3.03. The second-order valence-corrected chi connectivity index (χ2v) is 5.53. The molecular weight excluding hydrogens is 226 g/mol. The Hall–Kier alpha value is -1.32. The largest absolute Gasteiger partial charge is 0.349 e. The van der Waals surface area contributed by atoms with Crippen LogP contribution in [0.3, 0.4) is 0 Å². The molecule has 2 aliphatic rings. The predicted octanol–water partition coefficient (Wildman–Crippen LogP) is 1.72. The molecule has 0 aliphatic heterocycles. The molecule has 0 radical (unpaired) electrons. The van der Waals surface area contributed by atoms with Crippen molar-refractivity contribution in [2.45, 2.75) is 51.5 Å². The summed E-state index contributed by atoms with van der Waals surface area (Å²) in [6.07, 6.45) is 8.06. The summed E-state index contributed by atoms with van der Waals surface area (Å²) in [6.45, 7) is 0.582. The number of rotatable bonds is 3. The third kappa shape index (κ3) is 2.04. The monoisotopic (exact) mass is 247 g/mol. The third-order valence-corrected chi connectivity index (χ3v) is 4.36. The first-order valence-corrected chi connectivity index (χ1v) is 7.07. The van der Waals surface area contributed by atoms with Crippen LogP contribution in [0, 0.1) is 5.92 Å². The predicted molar refractivity (Wildman–Crippen MR) is 69.0 cm³/mol. The Kier molecular flexibility index (Phi) is 3.10. The molecule has 98 valence electrons. The van der Waals surface area contributed by atoms with E-state index in [0.717, 1.165) is 31.5 Å². The molecule has 1 aromatic heterocycles. The number of hydrogen-bond acceptors (Lipinski definition) is 2. The number of aromatic nitrogens is 2. The van der Waals surface area contributed by atoms with Crippen molar-refractivity contribution < 1.29 is 4.79 Å². The molecular formula is C14H21N3O. The molecule has 3 rings (SSSR count). The highest BCUT2D eigenvalue weighted by atomic mass is 16.1. The van der Waals surface area contributed by atoms with E-state index in [4.69, 9.17) is 0 Å². The second kappa shape index (κ2) is 4.75. The van der Waals surface area contributed by atoms with E-state index in [9.17, 15) is 4.79 Å². The van der Waals surface area contributed by atoms with Crippen LogP contribution in [0.1, 0.15) is 49.3 Å². The smallest absolute Gasteiger partial charge is 0.223 e. The molecule has 0 spiro atoms. The molecule has 4 heteroatoms. The van der Waals surface area contributed by atoms with Gasteiger partial charge in [0.2, 0.25) is 5.91 Å². The van der Waals surface area contributed by atoms with Crippen LogP contribution in [0.25, 0.3) is 0 Å². The topological polar surface area (TPSA) is 46.9 Å². The van der Waals surface area contributed by atoms with Gasteiger partial charge in [-0.1, -0.05) is 6.42 Å². The van der Waals surface area contributed by atoms with Gasteiger partial charge in [0.1, 0.15) is 5.82 Å². The van der Waals surface area contributed by atoms with Crippen molar-refractivity contribution >= 4 is 5.91 Å². The summed E-state index contributed by atoms with van der Waals surface area (Å²) in [5.74, 6) is 1.48. The Bertz CT molecular complexity index is 460. The number of carbonyl (C=O) groups is 1. The summed E-state index contributed by atoms with van der Waals surface area (Å²) >= 11 is 0. The number of carbonyl (C=O) groups excluding carboxylic acids is 1. The Morgan fingerprint density at radius 1 is 1.33 bits per heavy atom. The highest BCUT2D eigenvalue weighted by molar-refractivity contribution is 5.79. The summed E-state index contributed by atoms with van der Waals surface area (Å²) in [5.41, 5.74) is 2.62. The SMILES string of the molecule is Cn1c(CNC(=O)C2CCC2)nc2c1CCCC2. The van der Waals surface area contributed by atoms with Crippen LogP contribution in [0.2, 0.25) is 0 Å². The maximum atomic E-state index is 11.8. The summed E-state index contributed by atoms with van der Waals surface area (Å²) in [4.78, 5) is 16.5. The van der Waals surface area contributed by atoms with Crippen molar-refractivity contribution in [1.82, 2.24) is 14.9 Å². The molecule has 1 N–H and O–H groups in total. The molecule has 0 saturated heterocycles. The first-order chi connectivity index (χ1) is 8.75. The van der Waals surface area contributed by atoms with Crippen LogP contribution in [0.5, 0.6) is 0 Å². The van der Waals surface area contributed by atoms with Gasteiger partial charge in [-0.05, 0) is 38.5 Å². The van der Waals surface area contributed by atoms with Crippen LogP contribution in [0.4, 0.5) is 0 Å². The molecule has 0 bridgehead atoms. The lowest BCUT2D eigenvalue weighted by atomic mass is 9.85. The summed E-state index contributed by atoms with van der Waals surface area (Å²) in [7, 11) is 2.07. The minimum absolute atomic E-state index is 0.210. The van der Waals surface area contributed by atoms with Crippen LogP contribution in [0.15, 0.2) is 0 Å². The Balaban J connectivity index is 1.65. The molecule has 1 amide bonds. The number of fused-ring (bicyclic) bond motifs is 1. The fraction of sp³-hybridized carbons (Fsp3) is 0.714. The van der Waals surface area contributed by atoms with Gasteiger partial charge in [0.25, 0.3) is 0 Å². The zero-order valence-corrected chi connectivity index (χ0v) is 11.0. The molecule has 1 aromatic rings. The van der Waals surface area contributed by atoms with Crippen molar-refractivity contribution in [2.75, 3.05) is 0 Å². The van der Waals surface area contributed by atoms with Crippen LogP contribution in [-0.2, 0) is 31.2 Å². The average Bonchev–Trinajstić information content (AvgIpc) is 2.62. The molecule has 1 fully saturated rings. The molecule has 0 aromatic carbocycles. The number of nitrogens with zero attached hydrogens (tertiary/aromatic N) is 2. The molecule has 4 nitrogen and oxygen atoms in total. The van der Waals surface area contributed by atoms with Crippen molar-refractivity contribution in [3.05, 3.63) is 17.2 Å². The Morgan fingerprint density at radius 3 is 2.78 bits per heavy atom. The summed E-state index contributed by atoms with van der Waals surface area (Å²) in [6, 6.07) is 0. The molecule has 1 saturated carbocycles. The van der Waals surface area contributed by atoms with Gasteiger partial charge in [-0.3, -0.25) is 4.79 Å². The first kappa shape index (κ1) is 11.8. The number of nitrogens with one attached hydrogen (secondary N) is 1. The van der Waals surface area contributed by atoms with E-state index in [0.29, 0.717) is 6.54 Å². The minimum atomic E-state index is 0.210. The molecule has 18 heavy (non-hydrogen) atoms. The van der Waals surface area contributed by atoms with E-state index in [1.165, 1.54) is 30.7 Å². The number of imidazole rings is 1. The molecule has 0 atom stereocenters. The van der Waals surface area contributed by atoms with Gasteiger partial charge in [0.05, 0.1) is 12.2 Å². The number of amides is 1. The van der Waals surface area contributed by atoms with Gasteiger partial charge >= 0.3 is 0 Å². The van der Waals surface area contributed by atoms with E-state index >= 15 is 0 Å². The lowest BCUT2D eigenvalue weighted by molar-refractivity contribution is -0.127. The quantitative estimate of drug-likeness (QED) is 0.884. The second-order valence-electron chi connectivity index (χ2n) is 5.53. The highest BCUT2D eigenvalue weighted by Crippen LogP contribution is 2.26. The van der Waals surface area contributed by atoms with Crippen LogP contribution >= 0.6 is 0 Å². The normalized spacial score (nSPS) is 19.2. The Labute approximate surface area is 108 Å². The number of hydrogen-bond donors (Lipinski definition) is 1. The lowest BCUT2D eigenvalue weighted by Gasteiger charge is -2.23. The van der Waals surface area contributed by atoms with Crippen molar-refractivity contribution in [3.63, 3.8) is 0 Å². The fourth-order valence-electron chi connectivity index (χ4n) is 2.88. The third-order valence-electron chi connectivity index (χ3n) is 4.36. The highest BCUT2D eigenvalue weighted by Gasteiger charge is 2.25. The van der Waals surface area contributed by atoms with E-state index in [1.807, 2.05) is 0 Å². The lowest BCUT2D eigenvalue weighted by Crippen LogP contribution is -2.34. The molecule has 2 aliphatic carbocycles. The Morgan fingerprint density at radius 2 is 2.11 bits per heavy atom. The van der Waals surface area contributed by atoms with E-state index in [1.54, 1.807) is 0 Å². The van der Waals surface area contributed by atoms with E-state index < -0.39 is 0 Å². The fourth-order valence-corrected chi connectivity index (χ4v) is 2.88. The van der Waals surface area contributed by atoms with Gasteiger partial charge in [-0.15, -0.1) is 0 Å². The van der Waals surface area contributed by atoms with Gasteiger partial charge in [-0.25, -0.2) is 4.98 Å². The van der Waals surface area contributed by atoms with Crippen LogP contribution < -0.4 is 5.32 Å². The summed E-state index contributed by atoms with van der Waals surface area (Å²) < 4.78 is 2.18. The van der Waals surface area contributed by atoms with Crippen molar-refractivity contribution in [2.24, 2.45) is 13.0 Å². The molecule has 1 heterocycles. The van der Waals surface area contributed by atoms with Gasteiger partial charge in [0.15, 0.2) is 0 Å². The zero-order valence-electron chi connectivity index (χ0n) is 11.0. The van der Waals surface area contributed by atoms with E-state index in [2.05, 4.69) is 21.9 Å². The maximum Gasteiger partial charge on any atom is 0.223 e. The van der Waals surface area contributed by atoms with Crippen molar-refractivity contribution in [3.8, 4) is 0 Å².